The van der Waals surface area contributed by atoms with Crippen LogP contribution in [0.2, 0.25) is 0 Å². The number of rotatable bonds is 4. The number of ether oxygens (including phenoxy) is 1. The van der Waals surface area contributed by atoms with E-state index in [9.17, 15) is 18.0 Å². The number of esters is 1. The van der Waals surface area contributed by atoms with Crippen LogP contribution in [0.3, 0.4) is 0 Å². The first-order valence-electron chi connectivity index (χ1n) is 4.74. The highest BCUT2D eigenvalue weighted by Gasteiger charge is 2.21. The smallest absolute Gasteiger partial charge is 0.310 e. The van der Waals surface area contributed by atoms with Gasteiger partial charge in [-0.1, -0.05) is 0 Å². The van der Waals surface area contributed by atoms with Crippen LogP contribution in [-0.2, 0) is 16.0 Å². The first kappa shape index (κ1) is 14.2. The molecule has 0 bridgehead atoms. The molecule has 94 valence electrons. The molecule has 0 aliphatic rings. The van der Waals surface area contributed by atoms with Gasteiger partial charge in [0.1, 0.15) is 9.39 Å². The van der Waals surface area contributed by atoms with E-state index in [4.69, 9.17) is 0 Å². The van der Waals surface area contributed by atoms with Gasteiger partial charge < -0.3 is 4.74 Å². The lowest BCUT2D eigenvalue weighted by atomic mass is 10.1. The van der Waals surface area contributed by atoms with Crippen molar-refractivity contribution in [2.45, 2.75) is 19.8 Å². The van der Waals surface area contributed by atoms with Crippen LogP contribution < -0.4 is 0 Å². The fourth-order valence-electron chi connectivity index (χ4n) is 1.21. The number of hydrogen-bond acceptors (Lipinski definition) is 3. The van der Waals surface area contributed by atoms with E-state index >= 15 is 0 Å². The zero-order valence-electron chi connectivity index (χ0n) is 8.84. The third-order valence-electron chi connectivity index (χ3n) is 1.87. The van der Waals surface area contributed by atoms with Crippen LogP contribution in [0.1, 0.15) is 24.6 Å². The monoisotopic (exact) mass is 359 g/mol. The van der Waals surface area contributed by atoms with E-state index in [-0.39, 0.29) is 22.3 Å². The third kappa shape index (κ3) is 3.83. The van der Waals surface area contributed by atoms with Crippen molar-refractivity contribution in [2.75, 3.05) is 6.61 Å². The van der Waals surface area contributed by atoms with E-state index in [0.717, 1.165) is 0 Å². The Morgan fingerprint density at radius 2 is 2.24 bits per heavy atom. The summed E-state index contributed by atoms with van der Waals surface area (Å²) in [6.07, 6.45) is -3.39. The van der Waals surface area contributed by atoms with Gasteiger partial charge in [-0.05, 0) is 35.6 Å². The summed E-state index contributed by atoms with van der Waals surface area (Å²) in [6, 6.07) is 1.25. The van der Waals surface area contributed by atoms with Crippen LogP contribution in [0.15, 0.2) is 6.07 Å². The fraction of sp³-hybridized carbons (Fsp3) is 0.400. The number of carbonyl (C=O) groups is 1. The molecular formula is C10H9F3INO2. The summed E-state index contributed by atoms with van der Waals surface area (Å²) in [4.78, 5) is 14.6. The molecule has 0 aliphatic carbocycles. The second kappa shape index (κ2) is 6.18. The summed E-state index contributed by atoms with van der Waals surface area (Å²) in [5, 5.41) is 0. The summed E-state index contributed by atoms with van der Waals surface area (Å²) in [6.45, 7) is 1.76. The van der Waals surface area contributed by atoms with Gasteiger partial charge in [0.15, 0.2) is 5.82 Å². The van der Waals surface area contributed by atoms with Gasteiger partial charge in [-0.15, -0.1) is 0 Å². The number of halogens is 4. The SMILES string of the molecule is CCOC(=O)Cc1cc(I)nc(C(F)F)c1F. The first-order valence-corrected chi connectivity index (χ1v) is 5.82. The summed E-state index contributed by atoms with van der Waals surface area (Å²) >= 11 is 1.69. The van der Waals surface area contributed by atoms with Gasteiger partial charge in [-0.3, -0.25) is 4.79 Å². The zero-order chi connectivity index (χ0) is 13.0. The maximum Gasteiger partial charge on any atom is 0.310 e. The standard InChI is InChI=1S/C10H9F3INO2/c1-2-17-7(16)4-5-3-6(14)15-9(8(5)11)10(12)13/h3,10H,2,4H2,1H3. The molecule has 1 aromatic rings. The van der Waals surface area contributed by atoms with Crippen molar-refractivity contribution in [1.29, 1.82) is 0 Å². The average Bonchev–Trinajstić information content (AvgIpc) is 2.22. The van der Waals surface area contributed by atoms with E-state index in [1.165, 1.54) is 6.07 Å². The van der Waals surface area contributed by atoms with Gasteiger partial charge in [0.2, 0.25) is 0 Å². The van der Waals surface area contributed by atoms with Crippen LogP contribution in [-0.4, -0.2) is 17.6 Å². The molecule has 0 saturated heterocycles. The highest BCUT2D eigenvalue weighted by atomic mass is 127. The molecule has 1 aromatic heterocycles. The molecule has 3 nitrogen and oxygen atoms in total. The van der Waals surface area contributed by atoms with Gasteiger partial charge in [0.25, 0.3) is 6.43 Å². The number of nitrogens with zero attached hydrogens (tertiary/aromatic N) is 1. The molecule has 0 N–H and O–H groups in total. The van der Waals surface area contributed by atoms with Gasteiger partial charge >= 0.3 is 5.97 Å². The maximum absolute atomic E-state index is 13.6. The van der Waals surface area contributed by atoms with Crippen molar-refractivity contribution in [3.05, 3.63) is 26.8 Å². The second-order valence-electron chi connectivity index (χ2n) is 3.09. The number of carbonyl (C=O) groups excluding carboxylic acids is 1. The normalized spacial score (nSPS) is 10.7. The Labute approximate surface area is 110 Å². The number of aromatic nitrogens is 1. The van der Waals surface area contributed by atoms with Crippen molar-refractivity contribution in [3.8, 4) is 0 Å². The van der Waals surface area contributed by atoms with Crippen molar-refractivity contribution in [2.24, 2.45) is 0 Å². The number of pyridine rings is 1. The number of hydrogen-bond donors (Lipinski definition) is 0. The van der Waals surface area contributed by atoms with Crippen LogP contribution in [0, 0.1) is 9.52 Å². The van der Waals surface area contributed by atoms with Crippen molar-refractivity contribution < 1.29 is 22.7 Å². The summed E-state index contributed by atoms with van der Waals surface area (Å²) < 4.78 is 43.3. The van der Waals surface area contributed by atoms with E-state index in [2.05, 4.69) is 9.72 Å². The average molecular weight is 359 g/mol. The zero-order valence-corrected chi connectivity index (χ0v) is 11.0. The summed E-state index contributed by atoms with van der Waals surface area (Å²) in [5.41, 5.74) is -1.06. The molecule has 1 rings (SSSR count). The van der Waals surface area contributed by atoms with Crippen LogP contribution in [0.4, 0.5) is 13.2 Å². The lowest BCUT2D eigenvalue weighted by Crippen LogP contribution is -2.11. The summed E-state index contributed by atoms with van der Waals surface area (Å²) in [5.74, 6) is -1.80. The second-order valence-corrected chi connectivity index (χ2v) is 4.19. The molecule has 17 heavy (non-hydrogen) atoms. The highest BCUT2D eigenvalue weighted by molar-refractivity contribution is 14.1. The molecule has 0 fully saturated rings. The van der Waals surface area contributed by atoms with Crippen LogP contribution in [0.25, 0.3) is 0 Å². The largest absolute Gasteiger partial charge is 0.466 e. The van der Waals surface area contributed by atoms with E-state index in [1.807, 2.05) is 0 Å². The molecular weight excluding hydrogens is 350 g/mol. The minimum Gasteiger partial charge on any atom is -0.466 e. The van der Waals surface area contributed by atoms with Gasteiger partial charge in [-0.2, -0.15) is 0 Å². The van der Waals surface area contributed by atoms with Gasteiger partial charge in [0.05, 0.1) is 13.0 Å². The minimum atomic E-state index is -3.01. The topological polar surface area (TPSA) is 39.2 Å². The molecule has 1 heterocycles. The molecule has 0 unspecified atom stereocenters. The predicted molar refractivity (Wildman–Crippen MR) is 62.2 cm³/mol. The lowest BCUT2D eigenvalue weighted by Gasteiger charge is -2.08. The van der Waals surface area contributed by atoms with Gasteiger partial charge in [0, 0.05) is 5.56 Å². The minimum absolute atomic E-state index is 0.127. The Morgan fingerprint density at radius 3 is 2.76 bits per heavy atom. The quantitative estimate of drug-likeness (QED) is 0.472. The van der Waals surface area contributed by atoms with Crippen molar-refractivity contribution in [3.63, 3.8) is 0 Å². The van der Waals surface area contributed by atoms with Gasteiger partial charge in [-0.25, -0.2) is 18.2 Å². The van der Waals surface area contributed by atoms with Crippen molar-refractivity contribution in [1.82, 2.24) is 4.98 Å². The fourth-order valence-corrected chi connectivity index (χ4v) is 1.84. The van der Waals surface area contributed by atoms with Crippen LogP contribution >= 0.6 is 22.6 Å². The van der Waals surface area contributed by atoms with E-state index in [0.29, 0.717) is 0 Å². The Kier molecular flexibility index (Phi) is 5.16. The predicted octanol–water partition coefficient (Wildman–Crippen LogP) is 2.87. The Hall–Kier alpha value is -0.860. The number of alkyl halides is 2. The first-order chi connectivity index (χ1) is 7.95. The Balaban J connectivity index is 3.03. The molecule has 0 atom stereocenters. The third-order valence-corrected chi connectivity index (χ3v) is 2.43. The molecule has 0 spiro atoms. The Morgan fingerprint density at radius 1 is 1.59 bits per heavy atom. The maximum atomic E-state index is 13.6. The lowest BCUT2D eigenvalue weighted by molar-refractivity contribution is -0.142. The molecule has 0 aromatic carbocycles. The van der Waals surface area contributed by atoms with Crippen molar-refractivity contribution >= 4 is 28.6 Å². The summed E-state index contributed by atoms with van der Waals surface area (Å²) in [7, 11) is 0. The van der Waals surface area contributed by atoms with Crippen LogP contribution in [0.5, 0.6) is 0 Å². The molecule has 0 radical (unpaired) electrons. The highest BCUT2D eigenvalue weighted by Crippen LogP contribution is 2.24. The van der Waals surface area contributed by atoms with E-state index < -0.39 is 23.9 Å². The molecule has 7 heteroatoms. The Bertz CT molecular complexity index is 426. The molecule has 0 amide bonds. The molecule has 0 aliphatic heterocycles. The van der Waals surface area contributed by atoms with E-state index in [1.54, 1.807) is 29.5 Å². The molecule has 0 saturated carbocycles.